The summed E-state index contributed by atoms with van der Waals surface area (Å²) >= 11 is 0. The molecule has 1 aliphatic rings. The summed E-state index contributed by atoms with van der Waals surface area (Å²) < 4.78 is 10.6. The van der Waals surface area contributed by atoms with Gasteiger partial charge in [-0.3, -0.25) is 4.90 Å². The minimum absolute atomic E-state index is 0.149. The number of unbranched alkanes of at least 4 members (excludes halogenated alkanes) is 2. The second-order valence-electron chi connectivity index (χ2n) is 8.22. The molecular weight excluding hydrogens is 402 g/mol. The largest absolute Gasteiger partial charge is 0.497 e. The number of hydrogen-bond donors (Lipinski definition) is 1. The Kier molecular flexibility index (Phi) is 8.56. The van der Waals surface area contributed by atoms with Crippen LogP contribution >= 0.6 is 0 Å². The third-order valence-corrected chi connectivity index (χ3v) is 5.88. The highest BCUT2D eigenvalue weighted by Gasteiger charge is 2.25. The lowest BCUT2D eigenvalue weighted by atomic mass is 10.0. The van der Waals surface area contributed by atoms with E-state index in [2.05, 4.69) is 42.0 Å². The molecule has 0 saturated heterocycles. The van der Waals surface area contributed by atoms with Crippen LogP contribution in [0.15, 0.2) is 49.1 Å². The number of benzene rings is 2. The predicted octanol–water partition coefficient (Wildman–Crippen LogP) is 5.13. The number of anilines is 2. The number of fused-ring (bicyclic) bond motifs is 1. The van der Waals surface area contributed by atoms with Crippen molar-refractivity contribution in [3.63, 3.8) is 0 Å². The highest BCUT2D eigenvalue weighted by molar-refractivity contribution is 6.04. The molecule has 1 N–H and O–H groups in total. The third kappa shape index (κ3) is 6.04. The van der Waals surface area contributed by atoms with E-state index >= 15 is 0 Å². The lowest BCUT2D eigenvalue weighted by Gasteiger charge is -2.19. The molecule has 2 aromatic rings. The van der Waals surface area contributed by atoms with Crippen molar-refractivity contribution in [1.29, 1.82) is 0 Å². The zero-order valence-corrected chi connectivity index (χ0v) is 19.5. The molecule has 0 spiro atoms. The summed E-state index contributed by atoms with van der Waals surface area (Å²) in [5.41, 5.74) is 4.21. The summed E-state index contributed by atoms with van der Waals surface area (Å²) in [7, 11) is 5.32. The van der Waals surface area contributed by atoms with Crippen molar-refractivity contribution in [3.8, 4) is 11.5 Å². The van der Waals surface area contributed by atoms with Crippen molar-refractivity contribution in [2.75, 3.05) is 51.1 Å². The molecule has 32 heavy (non-hydrogen) atoms. The highest BCUT2D eigenvalue weighted by atomic mass is 16.5. The van der Waals surface area contributed by atoms with E-state index < -0.39 is 0 Å². The molecule has 1 aliphatic heterocycles. The number of methoxy groups -OCH3 is 2. The average molecular weight is 438 g/mol. The summed E-state index contributed by atoms with van der Waals surface area (Å²) in [6.07, 6.45) is 7.51. The van der Waals surface area contributed by atoms with Gasteiger partial charge in [-0.2, -0.15) is 0 Å². The van der Waals surface area contributed by atoms with Crippen LogP contribution in [0.5, 0.6) is 11.5 Å². The quantitative estimate of drug-likeness (QED) is 0.391. The van der Waals surface area contributed by atoms with E-state index in [-0.39, 0.29) is 6.03 Å². The van der Waals surface area contributed by atoms with Crippen molar-refractivity contribution in [3.05, 3.63) is 60.2 Å². The molecule has 0 aromatic heterocycles. The molecule has 0 unspecified atom stereocenters. The molecule has 2 amide bonds. The monoisotopic (exact) mass is 437 g/mol. The third-order valence-electron chi connectivity index (χ3n) is 5.88. The van der Waals surface area contributed by atoms with Crippen molar-refractivity contribution in [1.82, 2.24) is 4.90 Å². The summed E-state index contributed by atoms with van der Waals surface area (Å²) in [5.74, 6) is 1.26. The van der Waals surface area contributed by atoms with Crippen LogP contribution in [0.1, 0.15) is 30.4 Å². The number of amides is 2. The molecule has 2 aromatic carbocycles. The number of carbonyl (C=O) groups excluding carboxylic acids is 1. The predicted molar refractivity (Wildman–Crippen MR) is 131 cm³/mol. The first-order valence-corrected chi connectivity index (χ1v) is 11.3. The molecule has 172 valence electrons. The van der Waals surface area contributed by atoms with Crippen molar-refractivity contribution < 1.29 is 14.3 Å². The molecule has 0 fully saturated rings. The van der Waals surface area contributed by atoms with E-state index in [1.54, 1.807) is 37.3 Å². The fourth-order valence-electron chi connectivity index (χ4n) is 4.11. The van der Waals surface area contributed by atoms with Crippen molar-refractivity contribution in [2.45, 2.75) is 32.1 Å². The standard InChI is InChI=1S/C26H35N3O3/c1-5-15-28(2)16-8-6-7-9-20-10-13-24-21(18-20)14-17-29(24)26(30)27-23-12-11-22(31-3)19-25(23)32-4/h5,10-13,18-19H,1,6-9,14-17H2,2-4H3,(H,27,30). The Morgan fingerprint density at radius 1 is 1.16 bits per heavy atom. The Labute approximate surface area is 191 Å². The maximum Gasteiger partial charge on any atom is 0.326 e. The first-order valence-electron chi connectivity index (χ1n) is 11.3. The van der Waals surface area contributed by atoms with Gasteiger partial charge in [0.2, 0.25) is 0 Å². The molecule has 0 atom stereocenters. The SMILES string of the molecule is C=CCN(C)CCCCCc1ccc2c(c1)CCN2C(=O)Nc1ccc(OC)cc1OC. The highest BCUT2D eigenvalue weighted by Crippen LogP contribution is 2.32. The fourth-order valence-corrected chi connectivity index (χ4v) is 4.11. The second kappa shape index (κ2) is 11.6. The first kappa shape index (κ1) is 23.7. The van der Waals surface area contributed by atoms with Crippen LogP contribution in [-0.4, -0.2) is 51.8 Å². The van der Waals surface area contributed by atoms with E-state index in [0.717, 1.165) is 31.6 Å². The van der Waals surface area contributed by atoms with E-state index in [1.807, 2.05) is 6.08 Å². The van der Waals surface area contributed by atoms with Gasteiger partial charge in [0.1, 0.15) is 11.5 Å². The number of aryl methyl sites for hydroxylation is 1. The van der Waals surface area contributed by atoms with Gasteiger partial charge in [0.05, 0.1) is 19.9 Å². The molecule has 1 heterocycles. The molecule has 0 saturated carbocycles. The smallest absolute Gasteiger partial charge is 0.326 e. The van der Waals surface area contributed by atoms with Gasteiger partial charge in [0.25, 0.3) is 0 Å². The number of carbonyl (C=O) groups is 1. The molecule has 6 nitrogen and oxygen atoms in total. The Morgan fingerprint density at radius 2 is 2.00 bits per heavy atom. The number of urea groups is 1. The molecule has 3 rings (SSSR count). The second-order valence-corrected chi connectivity index (χ2v) is 8.22. The van der Waals surface area contributed by atoms with E-state index in [0.29, 0.717) is 23.7 Å². The lowest BCUT2D eigenvalue weighted by molar-refractivity contribution is 0.257. The van der Waals surface area contributed by atoms with Gasteiger partial charge in [-0.1, -0.05) is 24.6 Å². The number of nitrogens with one attached hydrogen (secondary N) is 1. The van der Waals surface area contributed by atoms with Gasteiger partial charge in [0.15, 0.2) is 0 Å². The van der Waals surface area contributed by atoms with Gasteiger partial charge in [0, 0.05) is 24.8 Å². The fraction of sp³-hybridized carbons (Fsp3) is 0.423. The van der Waals surface area contributed by atoms with E-state index in [1.165, 1.54) is 30.4 Å². The topological polar surface area (TPSA) is 54.0 Å². The van der Waals surface area contributed by atoms with Gasteiger partial charge in [-0.05, 0) is 68.6 Å². The zero-order valence-electron chi connectivity index (χ0n) is 19.5. The molecule has 6 heteroatoms. The number of ether oxygens (including phenoxy) is 2. The Balaban J connectivity index is 1.55. The number of nitrogens with zero attached hydrogens (tertiary/aromatic N) is 2. The minimum Gasteiger partial charge on any atom is -0.497 e. The van der Waals surface area contributed by atoms with E-state index in [4.69, 9.17) is 9.47 Å². The van der Waals surface area contributed by atoms with Crippen LogP contribution in [0, 0.1) is 0 Å². The van der Waals surface area contributed by atoms with Crippen LogP contribution in [0.2, 0.25) is 0 Å². The van der Waals surface area contributed by atoms with Crippen molar-refractivity contribution >= 4 is 17.4 Å². The van der Waals surface area contributed by atoms with E-state index in [9.17, 15) is 4.79 Å². The minimum atomic E-state index is -0.149. The van der Waals surface area contributed by atoms with Crippen LogP contribution in [0.4, 0.5) is 16.2 Å². The van der Waals surface area contributed by atoms with Gasteiger partial charge >= 0.3 is 6.03 Å². The Morgan fingerprint density at radius 3 is 2.75 bits per heavy atom. The molecule has 0 bridgehead atoms. The molecule has 0 aliphatic carbocycles. The van der Waals surface area contributed by atoms with Crippen LogP contribution in [0.3, 0.4) is 0 Å². The first-order chi connectivity index (χ1) is 15.5. The van der Waals surface area contributed by atoms with Gasteiger partial charge < -0.3 is 19.7 Å². The summed E-state index contributed by atoms with van der Waals surface area (Å²) in [6, 6.07) is 11.7. The number of rotatable bonds is 11. The maximum absolute atomic E-state index is 12.9. The van der Waals surface area contributed by atoms with Crippen LogP contribution in [0.25, 0.3) is 0 Å². The number of likely N-dealkylation sites (N-methyl/N-ethyl adjacent to an activating group) is 1. The Hall–Kier alpha value is -2.99. The number of hydrogen-bond acceptors (Lipinski definition) is 4. The summed E-state index contributed by atoms with van der Waals surface area (Å²) in [4.78, 5) is 17.0. The zero-order chi connectivity index (χ0) is 22.9. The summed E-state index contributed by atoms with van der Waals surface area (Å²) in [5, 5.41) is 2.97. The molecular formula is C26H35N3O3. The summed E-state index contributed by atoms with van der Waals surface area (Å²) in [6.45, 7) is 6.52. The Bertz CT molecular complexity index is 929. The van der Waals surface area contributed by atoms with Crippen LogP contribution < -0.4 is 19.7 Å². The average Bonchev–Trinajstić information content (AvgIpc) is 3.22. The lowest BCUT2D eigenvalue weighted by Crippen LogP contribution is -2.33. The molecule has 0 radical (unpaired) electrons. The van der Waals surface area contributed by atoms with Gasteiger partial charge in [-0.15, -0.1) is 6.58 Å². The van der Waals surface area contributed by atoms with Crippen molar-refractivity contribution in [2.24, 2.45) is 0 Å². The maximum atomic E-state index is 12.9. The normalized spacial score (nSPS) is 12.6. The van der Waals surface area contributed by atoms with Gasteiger partial charge in [-0.25, -0.2) is 4.79 Å². The van der Waals surface area contributed by atoms with Crippen LogP contribution in [-0.2, 0) is 12.8 Å².